The second-order valence-corrected chi connectivity index (χ2v) is 6.81. The van der Waals surface area contributed by atoms with Crippen LogP contribution in [0, 0.1) is 0 Å². The second kappa shape index (κ2) is 7.99. The molecule has 2 rings (SSSR count). The highest BCUT2D eigenvalue weighted by atomic mass is 31.1. The zero-order valence-electron chi connectivity index (χ0n) is 11.8. The topological polar surface area (TPSA) is 20.2 Å². The van der Waals surface area contributed by atoms with Crippen LogP contribution in [-0.4, -0.2) is 11.2 Å². The van der Waals surface area contributed by atoms with Crippen LogP contribution in [-0.2, 0) is 0 Å². The Morgan fingerprint density at radius 2 is 1.45 bits per heavy atom. The van der Waals surface area contributed by atoms with Crippen molar-refractivity contribution in [2.45, 2.75) is 25.9 Å². The maximum absolute atomic E-state index is 9.92. The van der Waals surface area contributed by atoms with Gasteiger partial charge in [0.2, 0.25) is 0 Å². The normalized spacial score (nSPS) is 12.9. The van der Waals surface area contributed by atoms with Gasteiger partial charge in [-0.05, 0) is 25.0 Å². The third kappa shape index (κ3) is 4.30. The number of hydrogen-bond acceptors (Lipinski definition) is 1. The van der Waals surface area contributed by atoms with Crippen molar-refractivity contribution >= 4 is 18.5 Å². The van der Waals surface area contributed by atoms with Gasteiger partial charge in [-0.2, -0.15) is 0 Å². The number of benzene rings is 2. The zero-order valence-corrected chi connectivity index (χ0v) is 12.7. The second-order valence-electron chi connectivity index (χ2n) is 4.74. The molecule has 2 heteroatoms. The zero-order chi connectivity index (χ0) is 14.2. The van der Waals surface area contributed by atoms with Crippen LogP contribution < -0.4 is 10.6 Å². The summed E-state index contributed by atoms with van der Waals surface area (Å²) in [6.07, 6.45) is 3.44. The molecule has 2 aromatic carbocycles. The summed E-state index contributed by atoms with van der Waals surface area (Å²) in [7, 11) is -0.535. The highest BCUT2D eigenvalue weighted by Crippen LogP contribution is 2.35. The van der Waals surface area contributed by atoms with Gasteiger partial charge in [0.05, 0.1) is 6.10 Å². The van der Waals surface area contributed by atoms with Crippen molar-refractivity contribution in [3.63, 3.8) is 0 Å². The first-order valence-electron chi connectivity index (χ1n) is 7.07. The fraction of sp³-hybridized carbons (Fsp3) is 0.222. The van der Waals surface area contributed by atoms with E-state index < -0.39 is 7.92 Å². The van der Waals surface area contributed by atoms with Crippen molar-refractivity contribution in [1.29, 1.82) is 0 Å². The Balaban J connectivity index is 2.26. The summed E-state index contributed by atoms with van der Waals surface area (Å²) < 4.78 is 0. The molecule has 0 bridgehead atoms. The molecule has 1 nitrogen and oxygen atoms in total. The molecule has 0 aromatic heterocycles. The lowest BCUT2D eigenvalue weighted by Gasteiger charge is -2.15. The molecule has 0 saturated heterocycles. The lowest BCUT2D eigenvalue weighted by Crippen LogP contribution is -2.10. The monoisotopic (exact) mass is 284 g/mol. The SMILES string of the molecule is CCCC(O)/C=C/P(c1ccccc1)c1ccccc1. The van der Waals surface area contributed by atoms with Crippen molar-refractivity contribution < 1.29 is 5.11 Å². The van der Waals surface area contributed by atoms with Crippen LogP contribution in [0.4, 0.5) is 0 Å². The summed E-state index contributed by atoms with van der Waals surface area (Å²) in [6, 6.07) is 21.0. The minimum Gasteiger partial charge on any atom is -0.389 e. The quantitative estimate of drug-likeness (QED) is 0.800. The molecule has 1 atom stereocenters. The van der Waals surface area contributed by atoms with E-state index >= 15 is 0 Å². The standard InChI is InChI=1S/C18H21OP/c1-2-9-16(19)14-15-20(17-10-5-3-6-11-17)18-12-7-4-8-13-18/h3-8,10-16,19H,2,9H2,1H3/b15-14+. The Labute approximate surface area is 122 Å². The van der Waals surface area contributed by atoms with Crippen molar-refractivity contribution in [3.8, 4) is 0 Å². The minimum atomic E-state index is -0.535. The minimum absolute atomic E-state index is 0.336. The number of hydrogen-bond donors (Lipinski definition) is 1. The van der Waals surface area contributed by atoms with E-state index in [1.54, 1.807) is 0 Å². The van der Waals surface area contributed by atoms with Gasteiger partial charge in [0, 0.05) is 0 Å². The third-order valence-corrected chi connectivity index (χ3v) is 5.29. The van der Waals surface area contributed by atoms with Gasteiger partial charge in [0.15, 0.2) is 0 Å². The first-order chi connectivity index (χ1) is 9.81. The van der Waals surface area contributed by atoms with Gasteiger partial charge in [-0.3, -0.25) is 0 Å². The molecule has 20 heavy (non-hydrogen) atoms. The summed E-state index contributed by atoms with van der Waals surface area (Å²) in [5.41, 5.74) is 0. The molecule has 2 aromatic rings. The lowest BCUT2D eigenvalue weighted by atomic mass is 10.2. The molecule has 104 valence electrons. The molecule has 0 aliphatic carbocycles. The molecule has 0 spiro atoms. The lowest BCUT2D eigenvalue weighted by molar-refractivity contribution is 0.212. The Bertz CT molecular complexity index is 482. The van der Waals surface area contributed by atoms with E-state index in [9.17, 15) is 5.11 Å². The molecule has 0 heterocycles. The summed E-state index contributed by atoms with van der Waals surface area (Å²) in [5.74, 6) is 2.18. The molecule has 0 amide bonds. The molecular weight excluding hydrogens is 263 g/mol. The van der Waals surface area contributed by atoms with E-state index in [0.29, 0.717) is 0 Å². The van der Waals surface area contributed by atoms with Crippen molar-refractivity contribution in [2.75, 3.05) is 0 Å². The van der Waals surface area contributed by atoms with E-state index in [1.807, 2.05) is 18.2 Å². The van der Waals surface area contributed by atoms with Crippen LogP contribution in [0.1, 0.15) is 19.8 Å². The summed E-state index contributed by atoms with van der Waals surface area (Å²) in [6.45, 7) is 2.09. The maximum Gasteiger partial charge on any atom is 0.0724 e. The molecule has 0 fully saturated rings. The summed E-state index contributed by atoms with van der Waals surface area (Å²) in [4.78, 5) is 0. The first kappa shape index (κ1) is 15.0. The van der Waals surface area contributed by atoms with E-state index in [1.165, 1.54) is 10.6 Å². The van der Waals surface area contributed by atoms with Gasteiger partial charge in [-0.15, -0.1) is 0 Å². The molecule has 1 N–H and O–H groups in total. The van der Waals surface area contributed by atoms with Crippen LogP contribution in [0.5, 0.6) is 0 Å². The Kier molecular flexibility index (Phi) is 5.98. The first-order valence-corrected chi connectivity index (χ1v) is 8.48. The number of aliphatic hydroxyl groups is 1. The Morgan fingerprint density at radius 3 is 1.90 bits per heavy atom. The predicted molar refractivity (Wildman–Crippen MR) is 89.1 cm³/mol. The van der Waals surface area contributed by atoms with Gasteiger partial charge in [-0.25, -0.2) is 0 Å². The average Bonchev–Trinajstić information content (AvgIpc) is 2.50. The molecule has 0 aliphatic rings. The van der Waals surface area contributed by atoms with Crippen LogP contribution in [0.15, 0.2) is 72.6 Å². The van der Waals surface area contributed by atoms with Crippen molar-refractivity contribution in [2.24, 2.45) is 0 Å². The van der Waals surface area contributed by atoms with Gasteiger partial charge in [0.1, 0.15) is 0 Å². The Morgan fingerprint density at radius 1 is 0.950 bits per heavy atom. The third-order valence-electron chi connectivity index (χ3n) is 3.11. The van der Waals surface area contributed by atoms with Crippen LogP contribution in [0.2, 0.25) is 0 Å². The molecule has 1 unspecified atom stereocenters. The van der Waals surface area contributed by atoms with E-state index in [2.05, 4.69) is 61.3 Å². The fourth-order valence-corrected chi connectivity index (χ4v) is 4.08. The molecule has 0 radical (unpaired) electrons. The molecule has 0 aliphatic heterocycles. The van der Waals surface area contributed by atoms with Gasteiger partial charge < -0.3 is 5.11 Å². The number of rotatable bonds is 6. The van der Waals surface area contributed by atoms with Crippen molar-refractivity contribution in [3.05, 3.63) is 72.6 Å². The Hall–Kier alpha value is -1.43. The van der Waals surface area contributed by atoms with E-state index in [-0.39, 0.29) is 6.10 Å². The fourth-order valence-electron chi connectivity index (χ4n) is 2.08. The van der Waals surface area contributed by atoms with Crippen LogP contribution >= 0.6 is 7.92 Å². The average molecular weight is 284 g/mol. The van der Waals surface area contributed by atoms with Crippen LogP contribution in [0.3, 0.4) is 0 Å². The summed E-state index contributed by atoms with van der Waals surface area (Å²) >= 11 is 0. The van der Waals surface area contributed by atoms with Gasteiger partial charge in [-0.1, -0.05) is 85.9 Å². The highest BCUT2D eigenvalue weighted by molar-refractivity contribution is 7.75. The largest absolute Gasteiger partial charge is 0.389 e. The molecule has 0 saturated carbocycles. The maximum atomic E-state index is 9.92. The van der Waals surface area contributed by atoms with Crippen LogP contribution in [0.25, 0.3) is 0 Å². The van der Waals surface area contributed by atoms with Gasteiger partial charge >= 0.3 is 0 Å². The smallest absolute Gasteiger partial charge is 0.0724 e. The van der Waals surface area contributed by atoms with Gasteiger partial charge in [0.25, 0.3) is 0 Å². The van der Waals surface area contributed by atoms with E-state index in [4.69, 9.17) is 0 Å². The summed E-state index contributed by atoms with van der Waals surface area (Å²) in [5, 5.41) is 12.5. The number of aliphatic hydroxyl groups excluding tert-OH is 1. The van der Waals surface area contributed by atoms with E-state index in [0.717, 1.165) is 12.8 Å². The van der Waals surface area contributed by atoms with Crippen molar-refractivity contribution in [1.82, 2.24) is 0 Å². The highest BCUT2D eigenvalue weighted by Gasteiger charge is 2.10. The molecular formula is C18H21OP. The predicted octanol–water partition coefficient (Wildman–Crippen LogP) is 3.79.